The SMILES string of the molecule is Brc1ncc2n1CCC(N1CCCC1)C2. The zero-order valence-corrected chi connectivity index (χ0v) is 10.4. The van der Waals surface area contributed by atoms with E-state index in [0.29, 0.717) is 0 Å². The molecule has 82 valence electrons. The molecule has 3 nitrogen and oxygen atoms in total. The molecule has 3 rings (SSSR count). The van der Waals surface area contributed by atoms with E-state index in [4.69, 9.17) is 0 Å². The molecule has 0 bridgehead atoms. The molecular formula is C11H16BrN3. The summed E-state index contributed by atoms with van der Waals surface area (Å²) in [4.78, 5) is 6.98. The van der Waals surface area contributed by atoms with Crippen molar-refractivity contribution >= 4 is 15.9 Å². The Balaban J connectivity index is 1.77. The standard InChI is InChI=1S/C11H16BrN3/c12-11-13-8-10-7-9(3-6-15(10)11)14-4-1-2-5-14/h8-9H,1-7H2. The summed E-state index contributed by atoms with van der Waals surface area (Å²) < 4.78 is 3.30. The van der Waals surface area contributed by atoms with Gasteiger partial charge < -0.3 is 4.57 Å². The fourth-order valence-corrected chi connectivity index (χ4v) is 3.33. The first kappa shape index (κ1) is 9.85. The number of rotatable bonds is 1. The Hall–Kier alpha value is -0.350. The highest BCUT2D eigenvalue weighted by atomic mass is 79.9. The van der Waals surface area contributed by atoms with Gasteiger partial charge in [-0.3, -0.25) is 4.90 Å². The normalized spacial score (nSPS) is 26.9. The van der Waals surface area contributed by atoms with Gasteiger partial charge in [-0.25, -0.2) is 4.98 Å². The predicted molar refractivity (Wildman–Crippen MR) is 62.8 cm³/mol. The van der Waals surface area contributed by atoms with Crippen molar-refractivity contribution in [3.05, 3.63) is 16.6 Å². The molecular weight excluding hydrogens is 254 g/mol. The van der Waals surface area contributed by atoms with Gasteiger partial charge in [0.05, 0.1) is 0 Å². The number of halogens is 1. The van der Waals surface area contributed by atoms with Crippen LogP contribution in [-0.2, 0) is 13.0 Å². The largest absolute Gasteiger partial charge is 0.323 e. The summed E-state index contributed by atoms with van der Waals surface area (Å²) in [6.07, 6.45) is 7.26. The zero-order valence-electron chi connectivity index (χ0n) is 8.82. The number of imidazole rings is 1. The average molecular weight is 270 g/mol. The quantitative estimate of drug-likeness (QED) is 0.778. The van der Waals surface area contributed by atoms with Crippen molar-refractivity contribution in [2.45, 2.75) is 38.3 Å². The summed E-state index contributed by atoms with van der Waals surface area (Å²) in [5, 5.41) is 0. The summed E-state index contributed by atoms with van der Waals surface area (Å²) in [6, 6.07) is 0.767. The van der Waals surface area contributed by atoms with E-state index in [0.717, 1.165) is 17.3 Å². The summed E-state index contributed by atoms with van der Waals surface area (Å²) in [6.45, 7) is 3.73. The molecule has 0 N–H and O–H groups in total. The first-order chi connectivity index (χ1) is 7.34. The Morgan fingerprint density at radius 2 is 2.07 bits per heavy atom. The molecule has 0 saturated carbocycles. The summed E-state index contributed by atoms with van der Waals surface area (Å²) >= 11 is 3.49. The van der Waals surface area contributed by atoms with Crippen molar-refractivity contribution in [2.24, 2.45) is 0 Å². The number of aromatic nitrogens is 2. The average Bonchev–Trinajstić information content (AvgIpc) is 2.88. The van der Waals surface area contributed by atoms with Crippen molar-refractivity contribution in [3.8, 4) is 0 Å². The Bertz CT molecular complexity index is 355. The highest BCUT2D eigenvalue weighted by molar-refractivity contribution is 9.10. The number of nitrogens with zero attached hydrogens (tertiary/aromatic N) is 3. The van der Waals surface area contributed by atoms with Crippen LogP contribution < -0.4 is 0 Å². The summed E-state index contributed by atoms with van der Waals surface area (Å²) in [5.74, 6) is 0. The van der Waals surface area contributed by atoms with E-state index in [1.165, 1.54) is 44.5 Å². The lowest BCUT2D eigenvalue weighted by Crippen LogP contribution is -2.38. The lowest BCUT2D eigenvalue weighted by molar-refractivity contribution is 0.204. The van der Waals surface area contributed by atoms with Gasteiger partial charge in [0.15, 0.2) is 4.73 Å². The topological polar surface area (TPSA) is 21.1 Å². The zero-order chi connectivity index (χ0) is 10.3. The maximum absolute atomic E-state index is 4.32. The second-order valence-corrected chi connectivity index (χ2v) is 5.27. The molecule has 1 fully saturated rings. The molecule has 1 aromatic rings. The number of likely N-dealkylation sites (tertiary alicyclic amines) is 1. The van der Waals surface area contributed by atoms with Gasteiger partial charge in [0.2, 0.25) is 0 Å². The molecule has 1 unspecified atom stereocenters. The fourth-order valence-electron chi connectivity index (χ4n) is 2.82. The van der Waals surface area contributed by atoms with Gasteiger partial charge in [0, 0.05) is 30.9 Å². The third-order valence-corrected chi connectivity index (χ3v) is 4.31. The molecule has 1 aromatic heterocycles. The molecule has 0 spiro atoms. The fraction of sp³-hybridized carbons (Fsp3) is 0.727. The number of fused-ring (bicyclic) bond motifs is 1. The summed E-state index contributed by atoms with van der Waals surface area (Å²) in [7, 11) is 0. The minimum atomic E-state index is 0.767. The second-order valence-electron chi connectivity index (χ2n) is 4.56. The third-order valence-electron chi connectivity index (χ3n) is 3.68. The van der Waals surface area contributed by atoms with E-state index in [-0.39, 0.29) is 0 Å². The van der Waals surface area contributed by atoms with Crippen LogP contribution in [-0.4, -0.2) is 33.6 Å². The first-order valence-corrected chi connectivity index (χ1v) is 6.58. The van der Waals surface area contributed by atoms with Gasteiger partial charge >= 0.3 is 0 Å². The molecule has 1 saturated heterocycles. The molecule has 3 heterocycles. The lowest BCUT2D eigenvalue weighted by atomic mass is 10.0. The van der Waals surface area contributed by atoms with Crippen LogP contribution in [0.1, 0.15) is 25.0 Å². The van der Waals surface area contributed by atoms with Crippen LogP contribution in [0.3, 0.4) is 0 Å². The molecule has 4 heteroatoms. The van der Waals surface area contributed by atoms with Crippen LogP contribution in [0.2, 0.25) is 0 Å². The molecule has 0 radical (unpaired) electrons. The Morgan fingerprint density at radius 3 is 2.87 bits per heavy atom. The van der Waals surface area contributed by atoms with Crippen LogP contribution in [0, 0.1) is 0 Å². The maximum atomic E-state index is 4.32. The van der Waals surface area contributed by atoms with Crippen LogP contribution in [0.4, 0.5) is 0 Å². The third kappa shape index (κ3) is 1.74. The number of hydrogen-bond donors (Lipinski definition) is 0. The molecule has 0 aromatic carbocycles. The molecule has 1 atom stereocenters. The van der Waals surface area contributed by atoms with Gasteiger partial charge in [0.25, 0.3) is 0 Å². The maximum Gasteiger partial charge on any atom is 0.177 e. The molecule has 2 aliphatic rings. The van der Waals surface area contributed by atoms with Crippen LogP contribution in [0.5, 0.6) is 0 Å². The minimum Gasteiger partial charge on any atom is -0.323 e. The van der Waals surface area contributed by atoms with Crippen molar-refractivity contribution in [1.29, 1.82) is 0 Å². The first-order valence-electron chi connectivity index (χ1n) is 5.78. The van der Waals surface area contributed by atoms with E-state index in [2.05, 4.69) is 30.4 Å². The van der Waals surface area contributed by atoms with Gasteiger partial charge in [-0.1, -0.05) is 0 Å². The number of hydrogen-bond acceptors (Lipinski definition) is 2. The van der Waals surface area contributed by atoms with E-state index in [1.54, 1.807) is 0 Å². The van der Waals surface area contributed by atoms with E-state index in [9.17, 15) is 0 Å². The summed E-state index contributed by atoms with van der Waals surface area (Å²) in [5.41, 5.74) is 1.39. The Labute approximate surface area is 98.6 Å². The van der Waals surface area contributed by atoms with E-state index < -0.39 is 0 Å². The van der Waals surface area contributed by atoms with Crippen LogP contribution in [0.25, 0.3) is 0 Å². The monoisotopic (exact) mass is 269 g/mol. The van der Waals surface area contributed by atoms with Crippen molar-refractivity contribution in [1.82, 2.24) is 14.5 Å². The van der Waals surface area contributed by atoms with Crippen molar-refractivity contribution < 1.29 is 0 Å². The van der Waals surface area contributed by atoms with Crippen molar-refractivity contribution in [2.75, 3.05) is 13.1 Å². The van der Waals surface area contributed by atoms with Crippen LogP contribution in [0.15, 0.2) is 10.9 Å². The predicted octanol–water partition coefficient (Wildman–Crippen LogP) is 2.06. The van der Waals surface area contributed by atoms with Crippen LogP contribution >= 0.6 is 15.9 Å². The van der Waals surface area contributed by atoms with Gasteiger partial charge in [-0.05, 0) is 48.3 Å². The van der Waals surface area contributed by atoms with Gasteiger partial charge in [-0.15, -0.1) is 0 Å². The van der Waals surface area contributed by atoms with E-state index >= 15 is 0 Å². The highest BCUT2D eigenvalue weighted by Gasteiger charge is 2.27. The van der Waals surface area contributed by atoms with Gasteiger partial charge in [-0.2, -0.15) is 0 Å². The molecule has 0 amide bonds. The highest BCUT2D eigenvalue weighted by Crippen LogP contribution is 2.25. The molecule has 2 aliphatic heterocycles. The smallest absolute Gasteiger partial charge is 0.177 e. The molecule has 15 heavy (non-hydrogen) atoms. The van der Waals surface area contributed by atoms with E-state index in [1.807, 2.05) is 6.20 Å². The van der Waals surface area contributed by atoms with Gasteiger partial charge in [0.1, 0.15) is 0 Å². The minimum absolute atomic E-state index is 0.767. The Morgan fingerprint density at radius 1 is 1.27 bits per heavy atom. The molecule has 0 aliphatic carbocycles. The lowest BCUT2D eigenvalue weighted by Gasteiger charge is -2.31. The van der Waals surface area contributed by atoms with Crippen molar-refractivity contribution in [3.63, 3.8) is 0 Å². The second kappa shape index (κ2) is 3.91. The Kier molecular flexibility index (Phi) is 2.56.